The van der Waals surface area contributed by atoms with Crippen molar-refractivity contribution >= 4 is 21.5 Å². The van der Waals surface area contributed by atoms with Crippen LogP contribution in [0.1, 0.15) is 12.5 Å². The van der Waals surface area contributed by atoms with E-state index in [-0.39, 0.29) is 0 Å². The highest BCUT2D eigenvalue weighted by Gasteiger charge is 2.05. The van der Waals surface area contributed by atoms with Gasteiger partial charge < -0.3 is 9.47 Å². The van der Waals surface area contributed by atoms with Crippen molar-refractivity contribution < 1.29 is 10.8 Å². The number of hydrogen-bond acceptors (Lipinski definition) is 2. The van der Waals surface area contributed by atoms with E-state index < -0.39 is 0 Å². The molecule has 0 amide bonds. The number of benzene rings is 2. The molecule has 0 atom stereocenters. The molecule has 98 valence electrons. The third-order valence-electron chi connectivity index (χ3n) is 2.85. The van der Waals surface area contributed by atoms with Gasteiger partial charge in [0.1, 0.15) is 11.5 Å². The van der Waals surface area contributed by atoms with Gasteiger partial charge in [-0.05, 0) is 45.9 Å². The number of methoxy groups -OCH3 is 2. The van der Waals surface area contributed by atoms with Crippen LogP contribution in [0.2, 0.25) is 0 Å². The fourth-order valence-electron chi connectivity index (χ4n) is 1.79. The Hall–Kier alpha value is -1.74. The van der Waals surface area contributed by atoms with Crippen molar-refractivity contribution in [2.24, 2.45) is 0 Å². The van der Waals surface area contributed by atoms with E-state index in [1.807, 2.05) is 48.5 Å². The molecule has 2 aromatic rings. The van der Waals surface area contributed by atoms with Crippen molar-refractivity contribution in [3.8, 4) is 11.5 Å². The maximum Gasteiger partial charge on any atom is 0.118 e. The second-order valence-electron chi connectivity index (χ2n) is 3.93. The fourth-order valence-corrected chi connectivity index (χ4v) is 2.25. The Labute approximate surface area is 123 Å². The Morgan fingerprint density at radius 3 is 1.53 bits per heavy atom. The standard InChI is InChI=1S/C16H15BrO2/c1-18-14-7-3-12(4-8-14)16(11-17)13-5-9-15(19-2)10-6-13/h3-11H,1-2H3/i11D. The molecule has 0 N–H and O–H groups in total. The van der Waals surface area contributed by atoms with Crippen LogP contribution in [0.25, 0.3) is 5.57 Å². The van der Waals surface area contributed by atoms with Gasteiger partial charge in [-0.3, -0.25) is 0 Å². The van der Waals surface area contributed by atoms with Crippen LogP contribution < -0.4 is 9.47 Å². The highest BCUT2D eigenvalue weighted by atomic mass is 79.9. The SMILES string of the molecule is [2H]C(Br)=C(c1ccc(OC)cc1)c1ccc(OC)cc1. The van der Waals surface area contributed by atoms with Crippen LogP contribution in [0.4, 0.5) is 0 Å². The summed E-state index contributed by atoms with van der Waals surface area (Å²) in [6.45, 7) is 0. The van der Waals surface area contributed by atoms with Gasteiger partial charge in [-0.15, -0.1) is 0 Å². The molecule has 0 saturated heterocycles. The molecule has 19 heavy (non-hydrogen) atoms. The molecule has 2 aromatic carbocycles. The lowest BCUT2D eigenvalue weighted by Gasteiger charge is -2.09. The largest absolute Gasteiger partial charge is 0.497 e. The van der Waals surface area contributed by atoms with Gasteiger partial charge in [0.15, 0.2) is 0 Å². The van der Waals surface area contributed by atoms with Crippen LogP contribution in [-0.4, -0.2) is 14.2 Å². The van der Waals surface area contributed by atoms with Gasteiger partial charge >= 0.3 is 0 Å². The Bertz CT molecular complexity index is 550. The summed E-state index contributed by atoms with van der Waals surface area (Å²) in [5, 5.41) is 0. The van der Waals surface area contributed by atoms with Crippen LogP contribution in [-0.2, 0) is 0 Å². The summed E-state index contributed by atoms with van der Waals surface area (Å²) >= 11 is 3.27. The zero-order valence-electron chi connectivity index (χ0n) is 11.8. The number of halogens is 1. The Morgan fingerprint density at radius 2 is 1.26 bits per heavy atom. The van der Waals surface area contributed by atoms with E-state index in [1.165, 1.54) is 0 Å². The van der Waals surface area contributed by atoms with Gasteiger partial charge in [-0.2, -0.15) is 0 Å². The van der Waals surface area contributed by atoms with Gasteiger partial charge in [-0.1, -0.05) is 40.2 Å². The fraction of sp³-hybridized carbons (Fsp3) is 0.125. The zero-order chi connectivity index (χ0) is 14.5. The second-order valence-corrected chi connectivity index (χ2v) is 4.32. The quantitative estimate of drug-likeness (QED) is 0.826. The van der Waals surface area contributed by atoms with E-state index in [0.717, 1.165) is 28.2 Å². The number of hydrogen-bond donors (Lipinski definition) is 0. The smallest absolute Gasteiger partial charge is 0.118 e. The number of ether oxygens (including phenoxy) is 2. The average Bonchev–Trinajstić information content (AvgIpc) is 2.48. The molecule has 0 fully saturated rings. The summed E-state index contributed by atoms with van der Waals surface area (Å²) in [5.41, 5.74) is 2.74. The highest BCUT2D eigenvalue weighted by molar-refractivity contribution is 9.11. The molecule has 0 aliphatic heterocycles. The third-order valence-corrected chi connectivity index (χ3v) is 3.25. The van der Waals surface area contributed by atoms with Gasteiger partial charge in [-0.25, -0.2) is 0 Å². The van der Waals surface area contributed by atoms with Crippen LogP contribution in [0.3, 0.4) is 0 Å². The zero-order valence-corrected chi connectivity index (χ0v) is 12.4. The molecule has 0 heterocycles. The van der Waals surface area contributed by atoms with Crippen molar-refractivity contribution in [3.63, 3.8) is 0 Å². The number of rotatable bonds is 4. The van der Waals surface area contributed by atoms with Crippen molar-refractivity contribution in [1.82, 2.24) is 0 Å². The van der Waals surface area contributed by atoms with E-state index >= 15 is 0 Å². The molecule has 3 heteroatoms. The lowest BCUT2D eigenvalue weighted by molar-refractivity contribution is 0.414. The molecule has 0 spiro atoms. The highest BCUT2D eigenvalue weighted by Crippen LogP contribution is 2.27. The topological polar surface area (TPSA) is 18.5 Å². The molecule has 0 aromatic heterocycles. The summed E-state index contributed by atoms with van der Waals surface area (Å²) < 4.78 is 18.2. The minimum absolute atomic E-state index is 0.341. The Kier molecular flexibility index (Phi) is 4.17. The molecule has 2 rings (SSSR count). The van der Waals surface area contributed by atoms with Crippen LogP contribution in [0.5, 0.6) is 11.5 Å². The maximum absolute atomic E-state index is 7.94. The minimum Gasteiger partial charge on any atom is -0.497 e. The van der Waals surface area contributed by atoms with E-state index in [4.69, 9.17) is 10.8 Å². The molecule has 0 aliphatic rings. The van der Waals surface area contributed by atoms with Crippen LogP contribution in [0, 0.1) is 0 Å². The van der Waals surface area contributed by atoms with Gasteiger partial charge in [0.2, 0.25) is 0 Å². The molecule has 0 saturated carbocycles. The van der Waals surface area contributed by atoms with Crippen LogP contribution >= 0.6 is 15.9 Å². The first-order chi connectivity index (χ1) is 9.65. The summed E-state index contributed by atoms with van der Waals surface area (Å²) in [4.78, 5) is 0.341. The predicted octanol–water partition coefficient (Wildman–Crippen LogP) is 4.49. The lowest BCUT2D eigenvalue weighted by Crippen LogP contribution is -1.89. The summed E-state index contributed by atoms with van der Waals surface area (Å²) in [6, 6.07) is 15.3. The molecule has 0 aliphatic carbocycles. The summed E-state index contributed by atoms with van der Waals surface area (Å²) in [6.07, 6.45) is 0. The van der Waals surface area contributed by atoms with Gasteiger partial charge in [0, 0.05) is 0 Å². The van der Waals surface area contributed by atoms with E-state index in [9.17, 15) is 0 Å². The first kappa shape index (κ1) is 12.3. The van der Waals surface area contributed by atoms with Crippen LogP contribution in [0.15, 0.2) is 53.5 Å². The van der Waals surface area contributed by atoms with Crippen molar-refractivity contribution in [2.45, 2.75) is 0 Å². The first-order valence-corrected chi connectivity index (χ1v) is 6.60. The van der Waals surface area contributed by atoms with Gasteiger partial charge in [0.25, 0.3) is 0 Å². The lowest BCUT2D eigenvalue weighted by atomic mass is 9.99. The van der Waals surface area contributed by atoms with E-state index in [0.29, 0.717) is 4.96 Å². The second kappa shape index (κ2) is 6.43. The minimum atomic E-state index is 0.341. The Morgan fingerprint density at radius 1 is 0.895 bits per heavy atom. The first-order valence-electron chi connectivity index (χ1n) is 6.31. The molecule has 2 nitrogen and oxygen atoms in total. The molecular formula is C16H15BrO2. The average molecular weight is 320 g/mol. The monoisotopic (exact) mass is 319 g/mol. The predicted molar refractivity (Wildman–Crippen MR) is 82.0 cm³/mol. The summed E-state index contributed by atoms with van der Waals surface area (Å²) in [7, 11) is 3.27. The van der Waals surface area contributed by atoms with Crippen molar-refractivity contribution in [2.75, 3.05) is 14.2 Å². The molecule has 0 radical (unpaired) electrons. The molecule has 0 unspecified atom stereocenters. The Balaban J connectivity index is 2.42. The van der Waals surface area contributed by atoms with E-state index in [2.05, 4.69) is 15.9 Å². The summed E-state index contributed by atoms with van der Waals surface area (Å²) in [5.74, 6) is 1.59. The molecular weight excluding hydrogens is 304 g/mol. The normalized spacial score (nSPS) is 10.6. The van der Waals surface area contributed by atoms with E-state index in [1.54, 1.807) is 14.2 Å². The maximum atomic E-state index is 7.94. The van der Waals surface area contributed by atoms with Gasteiger partial charge in [0.05, 0.1) is 15.6 Å². The molecule has 0 bridgehead atoms. The van der Waals surface area contributed by atoms with Crippen molar-refractivity contribution in [3.05, 3.63) is 64.6 Å². The third kappa shape index (κ3) is 3.18. The van der Waals surface area contributed by atoms with Crippen molar-refractivity contribution in [1.29, 1.82) is 0 Å².